The molecular formula is C18H18N2O2S. The molecule has 5 heteroatoms. The van der Waals surface area contributed by atoms with E-state index >= 15 is 0 Å². The summed E-state index contributed by atoms with van der Waals surface area (Å²) in [4.78, 5) is 17.3. The second kappa shape index (κ2) is 6.01. The zero-order valence-corrected chi connectivity index (χ0v) is 14.4. The summed E-state index contributed by atoms with van der Waals surface area (Å²) in [5.41, 5.74) is 4.13. The zero-order chi connectivity index (χ0) is 16.6. The first-order valence-corrected chi connectivity index (χ1v) is 8.11. The second-order valence-corrected chi connectivity index (χ2v) is 6.50. The number of thiazole rings is 1. The monoisotopic (exact) mass is 326 g/mol. The van der Waals surface area contributed by atoms with Crippen molar-refractivity contribution in [3.8, 4) is 5.75 Å². The predicted octanol–water partition coefficient (Wildman–Crippen LogP) is 3.61. The van der Waals surface area contributed by atoms with Gasteiger partial charge in [0.05, 0.1) is 17.3 Å². The highest BCUT2D eigenvalue weighted by atomic mass is 32.1. The molecule has 0 aliphatic heterocycles. The van der Waals surface area contributed by atoms with E-state index in [0.29, 0.717) is 10.4 Å². The largest absolute Gasteiger partial charge is 0.497 e. The van der Waals surface area contributed by atoms with Gasteiger partial charge in [-0.15, -0.1) is 0 Å². The number of aromatic nitrogens is 1. The maximum atomic E-state index is 12.4. The fourth-order valence-corrected chi connectivity index (χ4v) is 3.47. The average molecular weight is 326 g/mol. The molecule has 0 spiro atoms. The van der Waals surface area contributed by atoms with Gasteiger partial charge in [-0.25, -0.2) is 0 Å². The lowest BCUT2D eigenvalue weighted by Gasteiger charge is -2.01. The summed E-state index contributed by atoms with van der Waals surface area (Å²) in [6, 6.07) is 11.3. The van der Waals surface area contributed by atoms with Crippen LogP contribution >= 0.6 is 11.3 Å². The highest BCUT2D eigenvalue weighted by molar-refractivity contribution is 7.16. The van der Waals surface area contributed by atoms with E-state index in [1.807, 2.05) is 11.6 Å². The first-order valence-electron chi connectivity index (χ1n) is 7.29. The van der Waals surface area contributed by atoms with Crippen LogP contribution in [0.25, 0.3) is 10.2 Å². The fraction of sp³-hybridized carbons (Fsp3) is 0.222. The maximum absolute atomic E-state index is 12.4. The number of fused-ring (bicyclic) bond motifs is 1. The van der Waals surface area contributed by atoms with Crippen molar-refractivity contribution in [3.05, 3.63) is 57.9 Å². The number of carbonyl (C=O) groups is 1. The smallest absolute Gasteiger partial charge is 0.279 e. The number of hydrogen-bond donors (Lipinski definition) is 0. The number of benzene rings is 2. The first kappa shape index (κ1) is 15.5. The molecule has 3 aromatic rings. The first-order chi connectivity index (χ1) is 11.0. The van der Waals surface area contributed by atoms with Gasteiger partial charge < -0.3 is 9.30 Å². The molecule has 0 saturated carbocycles. The van der Waals surface area contributed by atoms with Crippen LogP contribution in [0.1, 0.15) is 21.5 Å². The molecule has 3 rings (SSSR count). The van der Waals surface area contributed by atoms with Crippen LogP contribution in [0.2, 0.25) is 0 Å². The van der Waals surface area contributed by atoms with Crippen molar-refractivity contribution < 1.29 is 9.53 Å². The minimum atomic E-state index is -0.247. The van der Waals surface area contributed by atoms with Gasteiger partial charge in [0.1, 0.15) is 5.75 Å². The van der Waals surface area contributed by atoms with E-state index in [4.69, 9.17) is 4.74 Å². The Hall–Kier alpha value is -2.40. The number of nitrogens with zero attached hydrogens (tertiary/aromatic N) is 2. The Kier molecular flexibility index (Phi) is 4.05. The average Bonchev–Trinajstić information content (AvgIpc) is 2.84. The van der Waals surface area contributed by atoms with Crippen molar-refractivity contribution in [2.75, 3.05) is 7.11 Å². The van der Waals surface area contributed by atoms with Crippen LogP contribution in [-0.4, -0.2) is 17.6 Å². The number of carbonyl (C=O) groups excluding carboxylic acids is 1. The molecule has 1 heterocycles. The fourth-order valence-electron chi connectivity index (χ4n) is 2.37. The summed E-state index contributed by atoms with van der Waals surface area (Å²) in [5.74, 6) is 0.475. The number of aryl methyl sites for hydroxylation is 3. The molecule has 23 heavy (non-hydrogen) atoms. The van der Waals surface area contributed by atoms with Crippen molar-refractivity contribution >= 4 is 27.5 Å². The lowest BCUT2D eigenvalue weighted by atomic mass is 10.1. The molecule has 2 aromatic carbocycles. The molecular weight excluding hydrogens is 308 g/mol. The van der Waals surface area contributed by atoms with E-state index in [9.17, 15) is 4.79 Å². The number of amides is 1. The molecule has 1 amide bonds. The molecule has 0 fully saturated rings. The van der Waals surface area contributed by atoms with E-state index in [0.717, 1.165) is 16.0 Å². The molecule has 0 atom stereocenters. The van der Waals surface area contributed by atoms with E-state index in [2.05, 4.69) is 31.0 Å². The third-order valence-corrected chi connectivity index (χ3v) is 5.05. The van der Waals surface area contributed by atoms with Crippen molar-refractivity contribution in [1.82, 2.24) is 4.57 Å². The van der Waals surface area contributed by atoms with E-state index in [1.165, 1.54) is 22.5 Å². The summed E-state index contributed by atoms with van der Waals surface area (Å²) in [6.45, 7) is 4.18. The minimum absolute atomic E-state index is 0.247. The molecule has 0 N–H and O–H groups in total. The Balaban J connectivity index is 2.06. The van der Waals surface area contributed by atoms with E-state index < -0.39 is 0 Å². The van der Waals surface area contributed by atoms with E-state index in [-0.39, 0.29) is 5.91 Å². The zero-order valence-electron chi connectivity index (χ0n) is 13.6. The van der Waals surface area contributed by atoms with Gasteiger partial charge in [-0.2, -0.15) is 4.99 Å². The van der Waals surface area contributed by atoms with Gasteiger partial charge in [-0.3, -0.25) is 4.79 Å². The SMILES string of the molecule is COc1ccc(C(=O)N=c2sc3cc(C)c(C)cc3n2C)cc1. The van der Waals surface area contributed by atoms with Gasteiger partial charge in [0.25, 0.3) is 5.91 Å². The molecule has 0 unspecified atom stereocenters. The molecule has 0 aliphatic carbocycles. The Morgan fingerprint density at radius 1 is 1.13 bits per heavy atom. The Morgan fingerprint density at radius 3 is 2.43 bits per heavy atom. The van der Waals surface area contributed by atoms with Crippen molar-refractivity contribution in [2.24, 2.45) is 12.0 Å². The van der Waals surface area contributed by atoms with Crippen LogP contribution in [0.4, 0.5) is 0 Å². The summed E-state index contributed by atoms with van der Waals surface area (Å²) < 4.78 is 8.21. The minimum Gasteiger partial charge on any atom is -0.497 e. The summed E-state index contributed by atoms with van der Waals surface area (Å²) >= 11 is 1.53. The lowest BCUT2D eigenvalue weighted by Crippen LogP contribution is -2.13. The third-order valence-electron chi connectivity index (χ3n) is 3.96. The van der Waals surface area contributed by atoms with E-state index in [1.54, 1.807) is 31.4 Å². The highest BCUT2D eigenvalue weighted by Crippen LogP contribution is 2.21. The summed E-state index contributed by atoms with van der Waals surface area (Å²) in [6.07, 6.45) is 0. The summed E-state index contributed by atoms with van der Waals surface area (Å²) in [5, 5.41) is 0. The number of hydrogen-bond acceptors (Lipinski definition) is 3. The van der Waals surface area contributed by atoms with Crippen LogP contribution < -0.4 is 9.54 Å². The second-order valence-electron chi connectivity index (χ2n) is 5.49. The van der Waals surface area contributed by atoms with Gasteiger partial charge in [-0.1, -0.05) is 11.3 Å². The lowest BCUT2D eigenvalue weighted by molar-refractivity contribution is 0.0998. The molecule has 0 radical (unpaired) electrons. The number of ether oxygens (including phenoxy) is 1. The van der Waals surface area contributed by atoms with Crippen LogP contribution in [-0.2, 0) is 7.05 Å². The van der Waals surface area contributed by atoms with Crippen molar-refractivity contribution in [1.29, 1.82) is 0 Å². The molecule has 0 aliphatic rings. The molecule has 4 nitrogen and oxygen atoms in total. The van der Waals surface area contributed by atoms with Crippen molar-refractivity contribution in [3.63, 3.8) is 0 Å². The van der Waals surface area contributed by atoms with Gasteiger partial charge >= 0.3 is 0 Å². The normalized spacial score (nSPS) is 11.9. The van der Waals surface area contributed by atoms with Crippen LogP contribution in [0.3, 0.4) is 0 Å². The van der Waals surface area contributed by atoms with Gasteiger partial charge in [0.15, 0.2) is 4.80 Å². The van der Waals surface area contributed by atoms with Gasteiger partial charge in [0.2, 0.25) is 0 Å². The predicted molar refractivity (Wildman–Crippen MR) is 93.2 cm³/mol. The Labute approximate surface area is 138 Å². The van der Waals surface area contributed by atoms with Crippen LogP contribution in [0.5, 0.6) is 5.75 Å². The van der Waals surface area contributed by atoms with Crippen molar-refractivity contribution in [2.45, 2.75) is 13.8 Å². The van der Waals surface area contributed by atoms with Crippen LogP contribution in [0, 0.1) is 13.8 Å². The van der Waals surface area contributed by atoms with Gasteiger partial charge in [0, 0.05) is 12.6 Å². The topological polar surface area (TPSA) is 43.6 Å². The van der Waals surface area contributed by atoms with Crippen LogP contribution in [0.15, 0.2) is 41.4 Å². The molecule has 0 bridgehead atoms. The highest BCUT2D eigenvalue weighted by Gasteiger charge is 2.08. The Bertz CT molecular complexity index is 950. The standard InChI is InChI=1S/C18H18N2O2S/c1-11-9-15-16(10-12(11)2)23-18(20(15)3)19-17(21)13-5-7-14(22-4)8-6-13/h5-10H,1-4H3. The third kappa shape index (κ3) is 2.92. The number of methoxy groups -OCH3 is 1. The maximum Gasteiger partial charge on any atom is 0.279 e. The summed E-state index contributed by atoms with van der Waals surface area (Å²) in [7, 11) is 3.54. The molecule has 1 aromatic heterocycles. The molecule has 118 valence electrons. The number of rotatable bonds is 2. The quantitative estimate of drug-likeness (QED) is 0.722. The molecule has 0 saturated heterocycles. The van der Waals surface area contributed by atoms with Gasteiger partial charge in [-0.05, 0) is 61.4 Å². The Morgan fingerprint density at radius 2 is 1.78 bits per heavy atom.